The average Bonchev–Trinajstić information content (AvgIpc) is 2.86. The quantitative estimate of drug-likeness (QED) is 0.779. The Hall–Kier alpha value is -2.26. The van der Waals surface area contributed by atoms with Crippen LogP contribution in [0.1, 0.15) is 11.1 Å². The van der Waals surface area contributed by atoms with Crippen LogP contribution < -0.4 is 10.5 Å². The van der Waals surface area contributed by atoms with Gasteiger partial charge in [-0.05, 0) is 42.3 Å². The SMILES string of the molecule is COc1cccc(Cn2cc(CCN)c3ccccc32)c1. The number of para-hydroxylation sites is 1. The first kappa shape index (κ1) is 13.7. The summed E-state index contributed by atoms with van der Waals surface area (Å²) in [5.74, 6) is 0.895. The zero-order valence-electron chi connectivity index (χ0n) is 12.3. The Morgan fingerprint density at radius 2 is 1.95 bits per heavy atom. The van der Waals surface area contributed by atoms with Gasteiger partial charge in [-0.15, -0.1) is 0 Å². The normalized spacial score (nSPS) is 11.0. The van der Waals surface area contributed by atoms with E-state index in [1.807, 2.05) is 12.1 Å². The molecule has 2 aromatic carbocycles. The highest BCUT2D eigenvalue weighted by Gasteiger charge is 2.08. The van der Waals surface area contributed by atoms with E-state index in [0.29, 0.717) is 6.54 Å². The predicted octanol–water partition coefficient (Wildman–Crippen LogP) is 3.20. The van der Waals surface area contributed by atoms with Crippen LogP contribution in [0.3, 0.4) is 0 Å². The maximum atomic E-state index is 5.73. The molecule has 0 bridgehead atoms. The Morgan fingerprint density at radius 3 is 2.76 bits per heavy atom. The summed E-state index contributed by atoms with van der Waals surface area (Å²) in [5.41, 5.74) is 9.53. The Bertz CT molecular complexity index is 746. The number of rotatable bonds is 5. The van der Waals surface area contributed by atoms with Crippen LogP contribution in [0.15, 0.2) is 54.7 Å². The van der Waals surface area contributed by atoms with E-state index in [0.717, 1.165) is 18.7 Å². The molecule has 3 aromatic rings. The highest BCUT2D eigenvalue weighted by molar-refractivity contribution is 5.84. The molecule has 1 heterocycles. The second-order valence-corrected chi connectivity index (χ2v) is 5.19. The van der Waals surface area contributed by atoms with Crippen LogP contribution in [-0.4, -0.2) is 18.2 Å². The lowest BCUT2D eigenvalue weighted by Crippen LogP contribution is -2.02. The summed E-state index contributed by atoms with van der Waals surface area (Å²) in [6, 6.07) is 16.7. The van der Waals surface area contributed by atoms with Gasteiger partial charge >= 0.3 is 0 Å². The molecule has 3 nitrogen and oxygen atoms in total. The molecule has 0 amide bonds. The van der Waals surface area contributed by atoms with Crippen molar-refractivity contribution in [3.63, 3.8) is 0 Å². The largest absolute Gasteiger partial charge is 0.497 e. The Kier molecular flexibility index (Phi) is 3.93. The van der Waals surface area contributed by atoms with Gasteiger partial charge in [0.2, 0.25) is 0 Å². The molecule has 0 aliphatic heterocycles. The van der Waals surface area contributed by atoms with Gasteiger partial charge in [-0.25, -0.2) is 0 Å². The van der Waals surface area contributed by atoms with Crippen LogP contribution in [0.4, 0.5) is 0 Å². The van der Waals surface area contributed by atoms with Crippen LogP contribution in [0.5, 0.6) is 5.75 Å². The molecule has 0 fully saturated rings. The summed E-state index contributed by atoms with van der Waals surface area (Å²) >= 11 is 0. The van der Waals surface area contributed by atoms with E-state index < -0.39 is 0 Å². The van der Waals surface area contributed by atoms with Crippen LogP contribution in [0, 0.1) is 0 Å². The molecular weight excluding hydrogens is 260 g/mol. The highest BCUT2D eigenvalue weighted by atomic mass is 16.5. The lowest BCUT2D eigenvalue weighted by Gasteiger charge is -2.07. The third-order valence-electron chi connectivity index (χ3n) is 3.77. The third-order valence-corrected chi connectivity index (χ3v) is 3.77. The fourth-order valence-corrected chi connectivity index (χ4v) is 2.78. The van der Waals surface area contributed by atoms with Crippen molar-refractivity contribution >= 4 is 10.9 Å². The Balaban J connectivity index is 1.99. The number of benzene rings is 2. The zero-order valence-corrected chi connectivity index (χ0v) is 12.3. The van der Waals surface area contributed by atoms with E-state index in [4.69, 9.17) is 10.5 Å². The molecule has 2 N–H and O–H groups in total. The molecule has 21 heavy (non-hydrogen) atoms. The fraction of sp³-hybridized carbons (Fsp3) is 0.222. The van der Waals surface area contributed by atoms with Gasteiger partial charge in [-0.2, -0.15) is 0 Å². The number of aromatic nitrogens is 1. The smallest absolute Gasteiger partial charge is 0.119 e. The van der Waals surface area contributed by atoms with Gasteiger partial charge in [-0.1, -0.05) is 30.3 Å². The Labute approximate surface area is 125 Å². The van der Waals surface area contributed by atoms with Crippen LogP contribution in [0.25, 0.3) is 10.9 Å². The Morgan fingerprint density at radius 1 is 1.10 bits per heavy atom. The molecule has 0 radical (unpaired) electrons. The molecule has 1 aromatic heterocycles. The molecule has 0 aliphatic rings. The number of nitrogens with two attached hydrogens (primary N) is 1. The maximum absolute atomic E-state index is 5.73. The lowest BCUT2D eigenvalue weighted by molar-refractivity contribution is 0.414. The predicted molar refractivity (Wildman–Crippen MR) is 86.8 cm³/mol. The van der Waals surface area contributed by atoms with Gasteiger partial charge in [0, 0.05) is 23.6 Å². The van der Waals surface area contributed by atoms with Crippen molar-refractivity contribution in [3.8, 4) is 5.75 Å². The fourth-order valence-electron chi connectivity index (χ4n) is 2.78. The summed E-state index contributed by atoms with van der Waals surface area (Å²) < 4.78 is 7.58. The van der Waals surface area contributed by atoms with Gasteiger partial charge in [-0.3, -0.25) is 0 Å². The van der Waals surface area contributed by atoms with Crippen LogP contribution >= 0.6 is 0 Å². The van der Waals surface area contributed by atoms with E-state index in [1.54, 1.807) is 7.11 Å². The second kappa shape index (κ2) is 6.02. The minimum Gasteiger partial charge on any atom is -0.497 e. The van der Waals surface area contributed by atoms with Crippen molar-refractivity contribution in [2.24, 2.45) is 5.73 Å². The second-order valence-electron chi connectivity index (χ2n) is 5.19. The van der Waals surface area contributed by atoms with Crippen molar-refractivity contribution in [2.45, 2.75) is 13.0 Å². The summed E-state index contributed by atoms with van der Waals surface area (Å²) in [6.45, 7) is 1.51. The molecule has 3 heteroatoms. The molecule has 0 spiro atoms. The number of hydrogen-bond donors (Lipinski definition) is 1. The van der Waals surface area contributed by atoms with Gasteiger partial charge in [0.15, 0.2) is 0 Å². The molecule has 0 saturated heterocycles. The number of nitrogens with zero attached hydrogens (tertiary/aromatic N) is 1. The van der Waals surface area contributed by atoms with Crippen molar-refractivity contribution in [1.29, 1.82) is 0 Å². The standard InChI is InChI=1S/C18H20N2O/c1-21-16-6-4-5-14(11-16)12-20-13-15(9-10-19)17-7-2-3-8-18(17)20/h2-8,11,13H,9-10,12,19H2,1H3. The first-order valence-corrected chi connectivity index (χ1v) is 7.21. The molecule has 0 atom stereocenters. The van der Waals surface area contributed by atoms with Gasteiger partial charge in [0.1, 0.15) is 5.75 Å². The molecule has 0 unspecified atom stereocenters. The third kappa shape index (κ3) is 2.78. The monoisotopic (exact) mass is 280 g/mol. The van der Waals surface area contributed by atoms with E-state index in [-0.39, 0.29) is 0 Å². The van der Waals surface area contributed by atoms with E-state index in [2.05, 4.69) is 47.2 Å². The first-order chi connectivity index (χ1) is 10.3. The minimum absolute atomic E-state index is 0.674. The minimum atomic E-state index is 0.674. The maximum Gasteiger partial charge on any atom is 0.119 e. The van der Waals surface area contributed by atoms with Crippen molar-refractivity contribution in [2.75, 3.05) is 13.7 Å². The van der Waals surface area contributed by atoms with Crippen LogP contribution in [0.2, 0.25) is 0 Å². The number of ether oxygens (including phenoxy) is 1. The average molecular weight is 280 g/mol. The molecule has 108 valence electrons. The zero-order chi connectivity index (χ0) is 14.7. The van der Waals surface area contributed by atoms with Crippen molar-refractivity contribution < 1.29 is 4.74 Å². The summed E-state index contributed by atoms with van der Waals surface area (Å²) in [4.78, 5) is 0. The molecular formula is C18H20N2O. The van der Waals surface area contributed by atoms with E-state index in [1.165, 1.54) is 22.0 Å². The van der Waals surface area contributed by atoms with E-state index >= 15 is 0 Å². The van der Waals surface area contributed by atoms with Gasteiger partial charge in [0.05, 0.1) is 7.11 Å². The van der Waals surface area contributed by atoms with Gasteiger partial charge < -0.3 is 15.0 Å². The topological polar surface area (TPSA) is 40.2 Å². The first-order valence-electron chi connectivity index (χ1n) is 7.21. The number of fused-ring (bicyclic) bond motifs is 1. The van der Waals surface area contributed by atoms with Gasteiger partial charge in [0.25, 0.3) is 0 Å². The lowest BCUT2D eigenvalue weighted by atomic mass is 10.1. The van der Waals surface area contributed by atoms with E-state index in [9.17, 15) is 0 Å². The summed E-state index contributed by atoms with van der Waals surface area (Å²) in [7, 11) is 1.70. The number of methoxy groups -OCH3 is 1. The molecule has 0 saturated carbocycles. The number of hydrogen-bond acceptors (Lipinski definition) is 2. The van der Waals surface area contributed by atoms with Crippen LogP contribution in [-0.2, 0) is 13.0 Å². The highest BCUT2D eigenvalue weighted by Crippen LogP contribution is 2.23. The molecule has 3 rings (SSSR count). The summed E-state index contributed by atoms with van der Waals surface area (Å²) in [6.07, 6.45) is 3.13. The summed E-state index contributed by atoms with van der Waals surface area (Å²) in [5, 5.41) is 1.30. The van der Waals surface area contributed by atoms with Crippen molar-refractivity contribution in [3.05, 3.63) is 65.9 Å². The molecule has 0 aliphatic carbocycles. The van der Waals surface area contributed by atoms with Crippen molar-refractivity contribution in [1.82, 2.24) is 4.57 Å².